The molecule has 152 valence electrons. The third kappa shape index (κ3) is 3.11. The summed E-state index contributed by atoms with van der Waals surface area (Å²) in [7, 11) is 0. The zero-order valence-electron chi connectivity index (χ0n) is 10.7. The van der Waals surface area contributed by atoms with Gasteiger partial charge in [0.15, 0.2) is 0 Å². The van der Waals surface area contributed by atoms with E-state index < -0.39 is 45.8 Å². The van der Waals surface area contributed by atoms with Gasteiger partial charge in [0.25, 0.3) is 0 Å². The molecular weight excluding hydrogens is 522 g/mol. The molecule has 0 bridgehead atoms. The summed E-state index contributed by atoms with van der Waals surface area (Å²) in [5.74, 6) is -46.5. The first-order valence-electron chi connectivity index (χ1n) is 5.17. The highest BCUT2D eigenvalue weighted by atomic mass is 127. The Bertz CT molecular complexity index is 492. The number of nitrogens with two attached hydrogens (primary N) is 1. The van der Waals surface area contributed by atoms with Gasteiger partial charge in [-0.1, -0.05) is 22.6 Å². The second-order valence-electron chi connectivity index (χ2n) is 4.39. The zero-order valence-corrected chi connectivity index (χ0v) is 12.9. The highest BCUT2D eigenvalue weighted by molar-refractivity contribution is 14.1. The summed E-state index contributed by atoms with van der Waals surface area (Å²) < 4.78 is 186. The smallest absolute Gasteiger partial charge is 0.314 e. The van der Waals surface area contributed by atoms with Crippen LogP contribution in [0.3, 0.4) is 0 Å². The van der Waals surface area contributed by atoms with Crippen LogP contribution in [0.15, 0.2) is 0 Å². The van der Waals surface area contributed by atoms with Crippen LogP contribution in [0.1, 0.15) is 0 Å². The van der Waals surface area contributed by atoms with Crippen LogP contribution in [-0.2, 0) is 0 Å². The normalized spacial score (nSPS) is 17.6. The van der Waals surface area contributed by atoms with Crippen LogP contribution in [0.5, 0.6) is 0 Å². The minimum Gasteiger partial charge on any atom is -0.314 e. The Kier molecular flexibility index (Phi) is 5.99. The van der Waals surface area contributed by atoms with Crippen molar-refractivity contribution >= 4 is 22.6 Å². The van der Waals surface area contributed by atoms with Gasteiger partial charge in [-0.2, -0.15) is 65.9 Å². The minimum absolute atomic E-state index is 0.0825. The van der Waals surface area contributed by atoms with Gasteiger partial charge >= 0.3 is 41.7 Å². The molecule has 0 saturated carbocycles. The predicted octanol–water partition coefficient (Wildman–Crippen LogP) is 5.08. The van der Waals surface area contributed by atoms with E-state index in [1.165, 1.54) is 0 Å². The van der Waals surface area contributed by atoms with Crippen LogP contribution in [0.4, 0.5) is 65.9 Å². The van der Waals surface area contributed by atoms with Crippen molar-refractivity contribution in [3.63, 3.8) is 0 Å². The quantitative estimate of drug-likeness (QED) is 0.223. The van der Waals surface area contributed by atoms with E-state index in [1.807, 2.05) is 0 Å². The molecule has 0 aliphatic heterocycles. The van der Waals surface area contributed by atoms with E-state index >= 15 is 0 Å². The molecule has 1 atom stereocenters. The Labute approximate surface area is 140 Å². The summed E-state index contributed by atoms with van der Waals surface area (Å²) in [5.41, 5.74) is 4.12. The van der Waals surface area contributed by atoms with Gasteiger partial charge in [0.05, 0.1) is 0 Å². The Hall–Kier alpha value is -0.360. The summed E-state index contributed by atoms with van der Waals surface area (Å²) in [4.78, 5) is 0. The summed E-state index contributed by atoms with van der Waals surface area (Å²) >= 11 is 0.0825. The monoisotopic (exact) mass is 525 g/mol. The molecule has 0 radical (unpaired) electrons. The van der Waals surface area contributed by atoms with Gasteiger partial charge in [-0.3, -0.25) is 0 Å². The molecule has 0 rings (SSSR count). The Morgan fingerprint density at radius 1 is 0.480 bits per heavy atom. The molecule has 0 heterocycles. The summed E-state index contributed by atoms with van der Waals surface area (Å²) in [6.07, 6.45) is -7.60. The van der Waals surface area contributed by atoms with Crippen LogP contribution in [0, 0.1) is 0 Å². The fourth-order valence-corrected chi connectivity index (χ4v) is 1.54. The van der Waals surface area contributed by atoms with Gasteiger partial charge in [0.2, 0.25) is 0 Å². The molecule has 25 heavy (non-hydrogen) atoms. The zero-order chi connectivity index (χ0) is 21.1. The molecule has 0 aromatic heterocycles. The van der Waals surface area contributed by atoms with Gasteiger partial charge in [0, 0.05) is 0 Å². The van der Waals surface area contributed by atoms with E-state index in [1.54, 1.807) is 0 Å². The summed E-state index contributed by atoms with van der Waals surface area (Å²) in [5, 5.41) is 0. The average molecular weight is 525 g/mol. The van der Waals surface area contributed by atoms with E-state index in [0.717, 1.165) is 0 Å². The molecule has 1 unspecified atom stereocenters. The van der Waals surface area contributed by atoms with Gasteiger partial charge in [-0.15, -0.1) is 0 Å². The average Bonchev–Trinajstić information content (AvgIpc) is 2.35. The molecule has 0 aromatic carbocycles. The van der Waals surface area contributed by atoms with Crippen LogP contribution in [0.25, 0.3) is 0 Å². The number of hydrogen-bond donors (Lipinski definition) is 1. The van der Waals surface area contributed by atoms with Crippen LogP contribution < -0.4 is 5.73 Å². The summed E-state index contributed by atoms with van der Waals surface area (Å²) in [6, 6.07) is 0. The standard InChI is InChI=1S/C8H3F15IN/c9-2(10,1(24)25)3(11,12)4(13,14)5(15,16)6(17,18)7(19,20)8(21,22)23/h1H,25H2. The van der Waals surface area contributed by atoms with Crippen LogP contribution >= 0.6 is 22.6 Å². The van der Waals surface area contributed by atoms with Crippen LogP contribution in [-0.4, -0.2) is 45.8 Å². The highest BCUT2D eigenvalue weighted by Gasteiger charge is 2.93. The van der Waals surface area contributed by atoms with Gasteiger partial charge < -0.3 is 5.73 Å². The fourth-order valence-electron chi connectivity index (χ4n) is 1.15. The van der Waals surface area contributed by atoms with E-state index in [2.05, 4.69) is 5.73 Å². The molecule has 0 aromatic rings. The molecular formula is C8H3F15IN. The van der Waals surface area contributed by atoms with E-state index in [0.29, 0.717) is 0 Å². The Balaban J connectivity index is 6.50. The van der Waals surface area contributed by atoms with Crippen molar-refractivity contribution in [3.05, 3.63) is 0 Å². The Morgan fingerprint density at radius 3 is 0.960 bits per heavy atom. The van der Waals surface area contributed by atoms with Crippen molar-refractivity contribution in [2.45, 2.75) is 45.8 Å². The van der Waals surface area contributed by atoms with Crippen LogP contribution in [0.2, 0.25) is 0 Å². The maximum absolute atomic E-state index is 13.0. The van der Waals surface area contributed by atoms with Crippen molar-refractivity contribution < 1.29 is 65.9 Å². The molecule has 0 fully saturated rings. The molecule has 0 aliphatic carbocycles. The van der Waals surface area contributed by atoms with Crippen molar-refractivity contribution in [2.75, 3.05) is 0 Å². The lowest BCUT2D eigenvalue weighted by molar-refractivity contribution is -0.452. The molecule has 1 nitrogen and oxygen atoms in total. The maximum Gasteiger partial charge on any atom is 0.460 e. The largest absolute Gasteiger partial charge is 0.460 e. The highest BCUT2D eigenvalue weighted by Crippen LogP contribution is 2.62. The minimum atomic E-state index is -8.27. The van der Waals surface area contributed by atoms with Gasteiger partial charge in [-0.05, 0) is 0 Å². The van der Waals surface area contributed by atoms with Crippen molar-refractivity contribution in [1.82, 2.24) is 0 Å². The lowest BCUT2D eigenvalue weighted by Gasteiger charge is -2.41. The Morgan fingerprint density at radius 2 is 0.720 bits per heavy atom. The van der Waals surface area contributed by atoms with E-state index in [4.69, 9.17) is 0 Å². The lowest BCUT2D eigenvalue weighted by atomic mass is 9.91. The van der Waals surface area contributed by atoms with Gasteiger partial charge in [0.1, 0.15) is 4.05 Å². The van der Waals surface area contributed by atoms with Crippen molar-refractivity contribution in [1.29, 1.82) is 0 Å². The molecule has 0 amide bonds. The van der Waals surface area contributed by atoms with Crippen molar-refractivity contribution in [2.24, 2.45) is 5.73 Å². The molecule has 2 N–H and O–H groups in total. The SMILES string of the molecule is NC(I)C(F)(F)C(F)(F)C(F)(F)C(F)(F)C(F)(F)C(F)(F)C(F)(F)F. The lowest BCUT2D eigenvalue weighted by Crippen LogP contribution is -2.73. The number of hydrogen-bond acceptors (Lipinski definition) is 1. The first kappa shape index (κ1) is 24.6. The second-order valence-corrected chi connectivity index (χ2v) is 5.74. The maximum atomic E-state index is 13.0. The molecule has 0 aliphatic rings. The third-order valence-corrected chi connectivity index (χ3v) is 3.48. The van der Waals surface area contributed by atoms with Crippen molar-refractivity contribution in [3.8, 4) is 0 Å². The third-order valence-electron chi connectivity index (χ3n) is 2.70. The second kappa shape index (κ2) is 6.08. The number of rotatable bonds is 6. The number of alkyl halides is 16. The van der Waals surface area contributed by atoms with E-state index in [9.17, 15) is 65.9 Å². The molecule has 17 heteroatoms. The molecule has 0 spiro atoms. The first-order valence-corrected chi connectivity index (χ1v) is 6.42. The predicted molar refractivity (Wildman–Crippen MR) is 57.7 cm³/mol. The van der Waals surface area contributed by atoms with Gasteiger partial charge in [-0.25, -0.2) is 0 Å². The topological polar surface area (TPSA) is 26.0 Å². The van der Waals surface area contributed by atoms with E-state index in [-0.39, 0.29) is 22.6 Å². The first-order chi connectivity index (χ1) is 10.4. The number of halogens is 16. The summed E-state index contributed by atoms with van der Waals surface area (Å²) in [6.45, 7) is 0. The fraction of sp³-hybridized carbons (Fsp3) is 1.00. The molecule has 0 saturated heterocycles.